The number of carbonyl (C=O) groups excluding carboxylic acids is 1. The van der Waals surface area contributed by atoms with Gasteiger partial charge < -0.3 is 19.4 Å². The Labute approximate surface area is 270 Å². The summed E-state index contributed by atoms with van der Waals surface area (Å²) in [5.41, 5.74) is 2.66. The van der Waals surface area contributed by atoms with Gasteiger partial charge in [-0.3, -0.25) is 4.79 Å². The number of rotatable bonds is 14. The number of nitrogens with one attached hydrogen (secondary N) is 2. The number of amides is 1. The van der Waals surface area contributed by atoms with E-state index in [4.69, 9.17) is 14.5 Å². The molecule has 45 heavy (non-hydrogen) atoms. The van der Waals surface area contributed by atoms with Crippen molar-refractivity contribution in [1.82, 2.24) is 19.6 Å². The molecule has 2 aromatic rings. The summed E-state index contributed by atoms with van der Waals surface area (Å²) >= 11 is 0. The van der Waals surface area contributed by atoms with Crippen LogP contribution in [-0.4, -0.2) is 57.7 Å². The first-order valence-corrected chi connectivity index (χ1v) is 21.5. The van der Waals surface area contributed by atoms with Crippen molar-refractivity contribution in [3.05, 3.63) is 29.6 Å². The highest BCUT2D eigenvalue weighted by Gasteiger charge is 2.46. The third-order valence-corrected chi connectivity index (χ3v) is 12.4. The predicted octanol–water partition coefficient (Wildman–Crippen LogP) is 7.01. The first-order valence-electron chi connectivity index (χ1n) is 16.6. The quantitative estimate of drug-likeness (QED) is 0.167. The van der Waals surface area contributed by atoms with Crippen LogP contribution in [0.2, 0.25) is 25.7 Å². The number of alkyl halides is 2. The fraction of sp³-hybridized carbons (Fsp3) is 0.758. The third-order valence-electron chi connectivity index (χ3n) is 9.09. The van der Waals surface area contributed by atoms with Crippen LogP contribution in [0.4, 0.5) is 8.78 Å². The fourth-order valence-electron chi connectivity index (χ4n) is 6.20. The van der Waals surface area contributed by atoms with Crippen molar-refractivity contribution in [3.63, 3.8) is 0 Å². The van der Waals surface area contributed by atoms with Crippen LogP contribution in [0.3, 0.4) is 0 Å². The molecule has 2 N–H and O–H groups in total. The highest BCUT2D eigenvalue weighted by atomic mass is 32.2. The van der Waals surface area contributed by atoms with Crippen molar-refractivity contribution in [2.24, 2.45) is 11.8 Å². The minimum Gasteiger partial charge on any atom is -0.376 e. The van der Waals surface area contributed by atoms with Gasteiger partial charge in [0.1, 0.15) is 18.6 Å². The number of fused-ring (bicyclic) bond motifs is 1. The van der Waals surface area contributed by atoms with Gasteiger partial charge in [0, 0.05) is 40.6 Å². The molecule has 0 unspecified atom stereocenters. The van der Waals surface area contributed by atoms with Crippen LogP contribution in [0.1, 0.15) is 95.6 Å². The largest absolute Gasteiger partial charge is 0.376 e. The van der Waals surface area contributed by atoms with Gasteiger partial charge in [0.05, 0.1) is 38.9 Å². The molecule has 5 rings (SSSR count). The molecule has 0 bridgehead atoms. The van der Waals surface area contributed by atoms with E-state index in [0.29, 0.717) is 25.9 Å². The number of hydrogen-bond acceptors (Lipinski definition) is 5. The van der Waals surface area contributed by atoms with Crippen LogP contribution >= 0.6 is 0 Å². The number of aromatic nitrogens is 2. The van der Waals surface area contributed by atoms with E-state index >= 15 is 0 Å². The number of nitrogens with zero attached hydrogens (tertiary/aromatic N) is 2. The maximum atomic E-state index is 13.5. The summed E-state index contributed by atoms with van der Waals surface area (Å²) in [6, 6.07) is 6.54. The predicted molar refractivity (Wildman–Crippen MR) is 177 cm³/mol. The first kappa shape index (κ1) is 34.6. The molecule has 2 saturated carbocycles. The Morgan fingerprint density at radius 2 is 1.91 bits per heavy atom. The smallest absolute Gasteiger partial charge is 0.248 e. The second kappa shape index (κ2) is 13.8. The molecule has 2 aliphatic carbocycles. The summed E-state index contributed by atoms with van der Waals surface area (Å²) in [4.78, 5) is 18.1. The second-order valence-electron chi connectivity index (χ2n) is 15.6. The highest BCUT2D eigenvalue weighted by Crippen LogP contribution is 2.45. The van der Waals surface area contributed by atoms with Crippen molar-refractivity contribution in [1.29, 1.82) is 0 Å². The van der Waals surface area contributed by atoms with E-state index in [-0.39, 0.29) is 43.2 Å². The van der Waals surface area contributed by atoms with Gasteiger partial charge in [-0.1, -0.05) is 25.7 Å². The van der Waals surface area contributed by atoms with Crippen molar-refractivity contribution in [2.75, 3.05) is 13.2 Å². The molecule has 2 heterocycles. The van der Waals surface area contributed by atoms with Gasteiger partial charge in [-0.25, -0.2) is 22.7 Å². The van der Waals surface area contributed by atoms with E-state index in [1.54, 1.807) is 0 Å². The standard InChI is InChI=1S/C33H52F2N4O4SSi/c1-32(2,3)44(41)38-30(27-9-7-8-14-43-27)31-36-25-13-12-24(18-26(25)39(31)21-42-15-16-45(4,5)6)29(23-10-11-23)37-28(40)17-22-19-33(34,35)20-22/h12-13,18,22-23,27,29-30,38H,7-11,14-17,19-21H2,1-6H3,(H,37,40)/t27-,29-,30+,44-/m1/s1. The van der Waals surface area contributed by atoms with Gasteiger partial charge in [-0.15, -0.1) is 0 Å². The fourth-order valence-corrected chi connectivity index (χ4v) is 7.80. The van der Waals surface area contributed by atoms with E-state index in [1.807, 2.05) is 32.9 Å². The lowest BCUT2D eigenvalue weighted by atomic mass is 9.79. The van der Waals surface area contributed by atoms with Gasteiger partial charge in [0.2, 0.25) is 11.8 Å². The van der Waals surface area contributed by atoms with E-state index < -0.39 is 35.8 Å². The first-order chi connectivity index (χ1) is 21.1. The number of halogens is 2. The molecule has 3 aliphatic rings. The minimum absolute atomic E-state index is 0.133. The van der Waals surface area contributed by atoms with Crippen LogP contribution in [0.15, 0.2) is 18.2 Å². The van der Waals surface area contributed by atoms with Gasteiger partial charge in [-0.05, 0) is 88.5 Å². The van der Waals surface area contributed by atoms with Gasteiger partial charge in [0.15, 0.2) is 0 Å². The molecule has 0 spiro atoms. The van der Waals surface area contributed by atoms with Gasteiger partial charge >= 0.3 is 0 Å². The summed E-state index contributed by atoms with van der Waals surface area (Å²) in [5.74, 6) is -2.01. The zero-order chi connectivity index (χ0) is 32.6. The number of carbonyl (C=O) groups is 1. The Morgan fingerprint density at radius 1 is 1.18 bits per heavy atom. The zero-order valence-electron chi connectivity index (χ0n) is 27.8. The van der Waals surface area contributed by atoms with Crippen LogP contribution < -0.4 is 10.0 Å². The molecule has 0 radical (unpaired) electrons. The Hall–Kier alpha value is -1.73. The highest BCUT2D eigenvalue weighted by molar-refractivity contribution is 7.84. The maximum absolute atomic E-state index is 13.5. The topological polar surface area (TPSA) is 94.5 Å². The third kappa shape index (κ3) is 9.21. The van der Waals surface area contributed by atoms with Crippen LogP contribution in [0, 0.1) is 11.8 Å². The monoisotopic (exact) mass is 666 g/mol. The SMILES string of the molecule is CC(C)(C)[S@@](=O)N[C@H](c1nc2ccc([C@H](NC(=O)CC3CC(F)(F)C3)C3CC3)cc2n1COCC[Si](C)(C)C)[C@H]1CCCCO1. The molecule has 1 aliphatic heterocycles. The zero-order valence-corrected chi connectivity index (χ0v) is 29.6. The van der Waals surface area contributed by atoms with Crippen LogP contribution in [0.25, 0.3) is 11.0 Å². The Bertz CT molecular complexity index is 1360. The summed E-state index contributed by atoms with van der Waals surface area (Å²) in [7, 11) is -2.66. The number of imidazole rings is 1. The molecule has 3 fully saturated rings. The van der Waals surface area contributed by atoms with Crippen molar-refractivity contribution in [2.45, 2.75) is 133 Å². The Balaban J connectivity index is 1.47. The summed E-state index contributed by atoms with van der Waals surface area (Å²) in [5, 5.41) is 3.19. The van der Waals surface area contributed by atoms with Crippen molar-refractivity contribution in [3.8, 4) is 0 Å². The minimum atomic E-state index is -2.63. The Kier molecular flexibility index (Phi) is 10.6. The molecule has 4 atom stereocenters. The van der Waals surface area contributed by atoms with Crippen molar-refractivity contribution < 1.29 is 27.3 Å². The molecule has 1 amide bonds. The molecule has 1 saturated heterocycles. The van der Waals surface area contributed by atoms with E-state index in [1.165, 1.54) is 0 Å². The summed E-state index contributed by atoms with van der Waals surface area (Å²) < 4.78 is 57.8. The second-order valence-corrected chi connectivity index (χ2v) is 23.2. The van der Waals surface area contributed by atoms with Crippen LogP contribution in [0.5, 0.6) is 0 Å². The molecule has 8 nitrogen and oxygen atoms in total. The number of benzene rings is 1. The Morgan fingerprint density at radius 3 is 2.51 bits per heavy atom. The lowest BCUT2D eigenvalue weighted by Gasteiger charge is -2.34. The molecule has 1 aromatic heterocycles. The maximum Gasteiger partial charge on any atom is 0.248 e. The molecular formula is C33H52F2N4O4SSi. The molecule has 12 heteroatoms. The van der Waals surface area contributed by atoms with E-state index in [0.717, 1.165) is 60.6 Å². The lowest BCUT2D eigenvalue weighted by molar-refractivity contribution is -0.134. The lowest BCUT2D eigenvalue weighted by Crippen LogP contribution is -2.43. The van der Waals surface area contributed by atoms with Crippen LogP contribution in [-0.2, 0) is 32.0 Å². The summed E-state index contributed by atoms with van der Waals surface area (Å²) in [6.07, 6.45) is 4.43. The van der Waals surface area contributed by atoms with Crippen molar-refractivity contribution >= 4 is 36.0 Å². The number of hydrogen-bond donors (Lipinski definition) is 2. The van der Waals surface area contributed by atoms with Gasteiger partial charge in [0.25, 0.3) is 0 Å². The van der Waals surface area contributed by atoms with E-state index in [9.17, 15) is 17.8 Å². The average molecular weight is 667 g/mol. The van der Waals surface area contributed by atoms with Gasteiger partial charge in [-0.2, -0.15) is 0 Å². The molecule has 1 aromatic carbocycles. The number of ether oxygens (including phenoxy) is 2. The summed E-state index contributed by atoms with van der Waals surface area (Å²) in [6.45, 7) is 14.4. The van der Waals surface area contributed by atoms with E-state index in [2.05, 4.69) is 40.3 Å². The molecule has 252 valence electrons. The molecular weight excluding hydrogens is 615 g/mol. The normalized spacial score (nSPS) is 23.0. The average Bonchev–Trinajstić information content (AvgIpc) is 3.72.